The lowest BCUT2D eigenvalue weighted by molar-refractivity contribution is 0.0470. The number of piperazine rings is 1. The number of carbonyl (C=O) groups excluding carboxylic acids is 2. The maximum absolute atomic E-state index is 13.6. The number of sulfonamides is 1. The molecule has 16 heteroatoms. The van der Waals surface area contributed by atoms with Gasteiger partial charge in [0.15, 0.2) is 6.10 Å². The molecule has 0 spiro atoms. The Kier molecular flexibility index (Phi) is 9.35. The number of aliphatic hydroxyl groups is 1. The number of aromatic nitrogens is 1. The van der Waals surface area contributed by atoms with Gasteiger partial charge < -0.3 is 34.3 Å². The van der Waals surface area contributed by atoms with Gasteiger partial charge in [0.2, 0.25) is 10.0 Å². The highest BCUT2D eigenvalue weighted by Crippen LogP contribution is 2.40. The van der Waals surface area contributed by atoms with E-state index in [4.69, 9.17) is 30.5 Å². The Morgan fingerprint density at radius 1 is 1.11 bits per heavy atom. The lowest BCUT2D eigenvalue weighted by atomic mass is 9.93. The number of hydrogen-bond acceptors (Lipinski definition) is 11. The van der Waals surface area contributed by atoms with Crippen LogP contribution in [-0.2, 0) is 19.5 Å². The summed E-state index contributed by atoms with van der Waals surface area (Å²) in [5.74, 6) is 1.45. The lowest BCUT2D eigenvalue weighted by Crippen LogP contribution is -2.49. The predicted octanol–water partition coefficient (Wildman–Crippen LogP) is 3.54. The molecular weight excluding hydrogens is 654 g/mol. The Labute approximate surface area is 278 Å². The van der Waals surface area contributed by atoms with Gasteiger partial charge in [0, 0.05) is 50.4 Å². The van der Waals surface area contributed by atoms with Gasteiger partial charge in [-0.2, -0.15) is 4.31 Å². The molecule has 47 heavy (non-hydrogen) atoms. The van der Waals surface area contributed by atoms with E-state index in [1.807, 2.05) is 31.7 Å². The van der Waals surface area contributed by atoms with E-state index in [2.05, 4.69) is 10.3 Å². The third kappa shape index (κ3) is 7.32. The summed E-state index contributed by atoms with van der Waals surface area (Å²) in [5, 5.41) is 12.7. The number of pyridine rings is 1. The number of nitrogens with one attached hydrogen (secondary N) is 1. The Morgan fingerprint density at radius 3 is 2.51 bits per heavy atom. The highest BCUT2D eigenvalue weighted by molar-refractivity contribution is 7.89. The van der Waals surface area contributed by atoms with Crippen LogP contribution in [0.1, 0.15) is 46.5 Å². The van der Waals surface area contributed by atoms with E-state index in [9.17, 15) is 23.1 Å². The molecular formula is C31H40ClN5O9S. The van der Waals surface area contributed by atoms with Crippen molar-refractivity contribution in [2.24, 2.45) is 0 Å². The second-order valence-corrected chi connectivity index (χ2v) is 15.4. The van der Waals surface area contributed by atoms with Crippen molar-refractivity contribution in [3.05, 3.63) is 35.5 Å². The largest absolute Gasteiger partial charge is 0.490 e. The van der Waals surface area contributed by atoms with E-state index in [1.54, 1.807) is 6.07 Å². The van der Waals surface area contributed by atoms with Gasteiger partial charge >= 0.3 is 12.2 Å². The molecule has 1 aliphatic carbocycles. The predicted molar refractivity (Wildman–Crippen MR) is 172 cm³/mol. The van der Waals surface area contributed by atoms with Crippen molar-refractivity contribution in [1.29, 1.82) is 0 Å². The van der Waals surface area contributed by atoms with E-state index in [0.29, 0.717) is 30.3 Å². The maximum atomic E-state index is 13.6. The molecule has 3 aliphatic heterocycles. The summed E-state index contributed by atoms with van der Waals surface area (Å²) < 4.78 is 51.3. The average Bonchev–Trinajstić information content (AvgIpc) is 3.36. The second-order valence-electron chi connectivity index (χ2n) is 13.1. The summed E-state index contributed by atoms with van der Waals surface area (Å²) in [4.78, 5) is 32.4. The van der Waals surface area contributed by atoms with Crippen molar-refractivity contribution >= 4 is 45.3 Å². The topological polar surface area (TPSA) is 160 Å². The molecule has 1 aromatic carbocycles. The van der Waals surface area contributed by atoms with Crippen LogP contribution in [0.5, 0.6) is 11.5 Å². The molecule has 14 nitrogen and oxygen atoms in total. The normalized spacial score (nSPS) is 24.9. The standard InChI is InChI=1S/C31H40ClN5O9S/c1-31(2,3)46-29(39)33-19-4-6-20(7-5-19)44-21-14-27(32)34-28(15-21)35-10-12-36(13-11-35)47(41,42)22-8-9-23-25(16-22)43-18-24-26(17-38)45-30(40)37(23)24/h8-9,14-16,19-20,24,26,38H,4-7,10-13,17-18H2,1-3H3,(H,33,39)/t19?,20?,24-,26-/m0/s1. The molecule has 4 aliphatic rings. The SMILES string of the molecule is CC(C)(C)OC(=O)NC1CCC(Oc2cc(Cl)nc(N3CCN(S(=O)(=O)c4ccc5c(c4)OC[C@H]4[C@H](CO)OC(=O)N54)CC3)c2)CC1. The molecule has 0 radical (unpaired) electrons. The van der Waals surface area contributed by atoms with Crippen LogP contribution in [-0.4, -0.2) is 104 Å². The number of benzene rings is 1. The first kappa shape index (κ1) is 33.4. The quantitative estimate of drug-likeness (QED) is 0.409. The first-order chi connectivity index (χ1) is 22.3. The number of carbonyl (C=O) groups is 2. The third-order valence-electron chi connectivity index (χ3n) is 8.64. The van der Waals surface area contributed by atoms with Crippen molar-refractivity contribution in [3.63, 3.8) is 0 Å². The zero-order valence-corrected chi connectivity index (χ0v) is 28.1. The molecule has 4 heterocycles. The number of alkyl carbamates (subject to hydrolysis) is 1. The Morgan fingerprint density at radius 2 is 1.83 bits per heavy atom. The lowest BCUT2D eigenvalue weighted by Gasteiger charge is -2.35. The Hall–Kier alpha value is -3.53. The fourth-order valence-corrected chi connectivity index (χ4v) is 7.95. The van der Waals surface area contributed by atoms with Gasteiger partial charge in [-0.1, -0.05) is 11.6 Å². The van der Waals surface area contributed by atoms with Crippen molar-refractivity contribution < 1.29 is 42.1 Å². The van der Waals surface area contributed by atoms with Gasteiger partial charge in [0.05, 0.1) is 23.3 Å². The molecule has 2 N–H and O–H groups in total. The molecule has 0 unspecified atom stereocenters. The Balaban J connectivity index is 1.04. The molecule has 2 saturated heterocycles. The minimum atomic E-state index is -3.86. The third-order valence-corrected chi connectivity index (χ3v) is 10.7. The molecule has 2 atom stereocenters. The van der Waals surface area contributed by atoms with Crippen LogP contribution in [0, 0.1) is 0 Å². The van der Waals surface area contributed by atoms with Crippen LogP contribution < -0.4 is 24.6 Å². The van der Waals surface area contributed by atoms with Crippen molar-refractivity contribution in [2.45, 2.75) is 81.2 Å². The summed E-state index contributed by atoms with van der Waals surface area (Å²) >= 11 is 6.38. The zero-order valence-electron chi connectivity index (χ0n) is 26.6. The minimum Gasteiger partial charge on any atom is -0.490 e. The van der Waals surface area contributed by atoms with Gasteiger partial charge in [-0.05, 0) is 58.6 Å². The maximum Gasteiger partial charge on any atom is 0.415 e. The summed E-state index contributed by atoms with van der Waals surface area (Å²) in [6.07, 6.45) is 1.27. The Bertz CT molecular complexity index is 1600. The molecule has 0 bridgehead atoms. The van der Waals surface area contributed by atoms with Gasteiger partial charge in [0.25, 0.3) is 0 Å². The number of anilines is 2. The summed E-state index contributed by atoms with van der Waals surface area (Å²) in [7, 11) is -3.86. The van der Waals surface area contributed by atoms with Crippen LogP contribution in [0.25, 0.3) is 0 Å². The molecule has 3 fully saturated rings. The highest BCUT2D eigenvalue weighted by Gasteiger charge is 2.46. The summed E-state index contributed by atoms with van der Waals surface area (Å²) in [6, 6.07) is 7.45. The number of fused-ring (bicyclic) bond motifs is 3. The van der Waals surface area contributed by atoms with Crippen molar-refractivity contribution in [2.75, 3.05) is 49.2 Å². The molecule has 1 saturated carbocycles. The van der Waals surface area contributed by atoms with E-state index in [0.717, 1.165) is 25.7 Å². The molecule has 256 valence electrons. The van der Waals surface area contributed by atoms with Crippen LogP contribution in [0.15, 0.2) is 35.2 Å². The first-order valence-corrected chi connectivity index (χ1v) is 17.6. The van der Waals surface area contributed by atoms with Crippen molar-refractivity contribution in [1.82, 2.24) is 14.6 Å². The van der Waals surface area contributed by atoms with Gasteiger partial charge in [0.1, 0.15) is 40.7 Å². The molecule has 2 amide bonds. The van der Waals surface area contributed by atoms with E-state index in [-0.39, 0.29) is 54.2 Å². The monoisotopic (exact) mass is 693 g/mol. The second kappa shape index (κ2) is 13.2. The van der Waals surface area contributed by atoms with E-state index in [1.165, 1.54) is 27.4 Å². The molecule has 1 aromatic heterocycles. The highest BCUT2D eigenvalue weighted by atomic mass is 35.5. The fourth-order valence-electron chi connectivity index (χ4n) is 6.32. The number of ether oxygens (including phenoxy) is 4. The van der Waals surface area contributed by atoms with Crippen LogP contribution >= 0.6 is 11.6 Å². The number of hydrogen-bond donors (Lipinski definition) is 2. The number of halogens is 1. The number of nitrogens with zero attached hydrogens (tertiary/aromatic N) is 4. The first-order valence-electron chi connectivity index (χ1n) is 15.8. The van der Waals surface area contributed by atoms with Crippen LogP contribution in [0.4, 0.5) is 21.1 Å². The number of rotatable bonds is 7. The summed E-state index contributed by atoms with van der Waals surface area (Å²) in [6.45, 7) is 6.46. The summed E-state index contributed by atoms with van der Waals surface area (Å²) in [5.41, 5.74) is -0.146. The van der Waals surface area contributed by atoms with E-state index >= 15 is 0 Å². The smallest absolute Gasteiger partial charge is 0.415 e. The van der Waals surface area contributed by atoms with Gasteiger partial charge in [-0.15, -0.1) is 0 Å². The van der Waals surface area contributed by atoms with Crippen LogP contribution in [0.3, 0.4) is 0 Å². The minimum absolute atomic E-state index is 0.0264. The van der Waals surface area contributed by atoms with Gasteiger partial charge in [-0.3, -0.25) is 4.90 Å². The van der Waals surface area contributed by atoms with E-state index < -0.39 is 40.0 Å². The van der Waals surface area contributed by atoms with Crippen LogP contribution in [0.2, 0.25) is 5.15 Å². The van der Waals surface area contributed by atoms with Gasteiger partial charge in [-0.25, -0.2) is 23.0 Å². The average molecular weight is 694 g/mol. The van der Waals surface area contributed by atoms with Crippen molar-refractivity contribution in [3.8, 4) is 11.5 Å². The number of cyclic esters (lactones) is 1. The fraction of sp³-hybridized carbons (Fsp3) is 0.581. The zero-order chi connectivity index (χ0) is 33.5. The number of amides is 2. The molecule has 2 aromatic rings. The molecule has 6 rings (SSSR count). The number of aliphatic hydroxyl groups excluding tert-OH is 1.